The normalized spacial score (nSPS) is 9.87. The standard InChI is InChI=1S/C15H15NO.C13H10O/c1-16(2)14-10-8-13(9-11-14)15(17)12-6-4-3-5-7-12;14-13(11-7-3-1-4-8-11)12-9-5-2-6-10-12/h3-11H,1-2H3;1-10H. The summed E-state index contributed by atoms with van der Waals surface area (Å²) in [6, 6.07) is 35.6. The highest BCUT2D eigenvalue weighted by molar-refractivity contribution is 6.09. The van der Waals surface area contributed by atoms with Crippen molar-refractivity contribution in [1.82, 2.24) is 0 Å². The van der Waals surface area contributed by atoms with E-state index >= 15 is 0 Å². The molecule has 0 spiro atoms. The summed E-state index contributed by atoms with van der Waals surface area (Å²) in [5.74, 6) is 0.141. The van der Waals surface area contributed by atoms with Gasteiger partial charge in [0.05, 0.1) is 0 Å². The fourth-order valence-corrected chi connectivity index (χ4v) is 3.01. The van der Waals surface area contributed by atoms with Crippen LogP contribution in [0.25, 0.3) is 0 Å². The van der Waals surface area contributed by atoms with Crippen LogP contribution in [-0.2, 0) is 0 Å². The van der Waals surface area contributed by atoms with Gasteiger partial charge in [-0.3, -0.25) is 9.59 Å². The molecule has 0 aliphatic rings. The fraction of sp³-hybridized carbons (Fsp3) is 0.0714. The molecule has 0 radical (unpaired) electrons. The molecule has 0 bridgehead atoms. The molecule has 0 aliphatic heterocycles. The van der Waals surface area contributed by atoms with Crippen molar-refractivity contribution in [2.75, 3.05) is 19.0 Å². The number of rotatable bonds is 5. The van der Waals surface area contributed by atoms with Gasteiger partial charge in [-0.1, -0.05) is 91.0 Å². The van der Waals surface area contributed by atoms with E-state index in [1.165, 1.54) is 0 Å². The number of anilines is 1. The Morgan fingerprint density at radius 3 is 1.03 bits per heavy atom. The maximum atomic E-state index is 12.1. The van der Waals surface area contributed by atoms with Crippen LogP contribution < -0.4 is 4.90 Å². The first-order valence-electron chi connectivity index (χ1n) is 10.1. The van der Waals surface area contributed by atoms with Crippen molar-refractivity contribution in [2.24, 2.45) is 0 Å². The molecule has 0 N–H and O–H groups in total. The Labute approximate surface area is 183 Å². The molecule has 0 amide bonds. The van der Waals surface area contributed by atoms with Gasteiger partial charge in [0.1, 0.15) is 0 Å². The predicted molar refractivity (Wildman–Crippen MR) is 127 cm³/mol. The highest BCUT2D eigenvalue weighted by atomic mass is 16.1. The molecule has 0 fully saturated rings. The highest BCUT2D eigenvalue weighted by Crippen LogP contribution is 2.15. The molecule has 0 saturated carbocycles. The molecule has 4 aromatic rings. The van der Waals surface area contributed by atoms with E-state index in [0.717, 1.165) is 27.9 Å². The van der Waals surface area contributed by atoms with Gasteiger partial charge in [-0.15, -0.1) is 0 Å². The Morgan fingerprint density at radius 1 is 0.452 bits per heavy atom. The zero-order valence-electron chi connectivity index (χ0n) is 17.7. The van der Waals surface area contributed by atoms with E-state index in [-0.39, 0.29) is 11.6 Å². The summed E-state index contributed by atoms with van der Waals surface area (Å²) in [6.07, 6.45) is 0. The minimum Gasteiger partial charge on any atom is -0.378 e. The number of hydrogen-bond donors (Lipinski definition) is 0. The molecule has 3 nitrogen and oxygen atoms in total. The van der Waals surface area contributed by atoms with Crippen molar-refractivity contribution in [2.45, 2.75) is 0 Å². The maximum Gasteiger partial charge on any atom is 0.193 e. The largest absolute Gasteiger partial charge is 0.378 e. The summed E-state index contributed by atoms with van der Waals surface area (Å²) in [6.45, 7) is 0. The maximum absolute atomic E-state index is 12.1. The van der Waals surface area contributed by atoms with Crippen molar-refractivity contribution >= 4 is 17.3 Å². The number of hydrogen-bond acceptors (Lipinski definition) is 3. The Balaban J connectivity index is 0.000000179. The fourth-order valence-electron chi connectivity index (χ4n) is 3.01. The van der Waals surface area contributed by atoms with Crippen molar-refractivity contribution in [3.8, 4) is 0 Å². The molecule has 0 aromatic heterocycles. The van der Waals surface area contributed by atoms with Crippen LogP contribution >= 0.6 is 0 Å². The van der Waals surface area contributed by atoms with Crippen molar-refractivity contribution in [3.63, 3.8) is 0 Å². The quantitative estimate of drug-likeness (QED) is 0.387. The molecule has 0 unspecified atom stereocenters. The third-order valence-electron chi connectivity index (χ3n) is 4.75. The summed E-state index contributed by atoms with van der Waals surface area (Å²) in [4.78, 5) is 26.0. The van der Waals surface area contributed by atoms with Crippen LogP contribution in [0.4, 0.5) is 5.69 Å². The average molecular weight is 408 g/mol. The van der Waals surface area contributed by atoms with Crippen LogP contribution in [0.5, 0.6) is 0 Å². The molecule has 4 aromatic carbocycles. The Bertz CT molecular complexity index is 1060. The number of benzene rings is 4. The van der Waals surface area contributed by atoms with E-state index in [2.05, 4.69) is 0 Å². The highest BCUT2D eigenvalue weighted by Gasteiger charge is 2.08. The van der Waals surface area contributed by atoms with Crippen LogP contribution in [-0.4, -0.2) is 25.7 Å². The van der Waals surface area contributed by atoms with Gasteiger partial charge in [0.15, 0.2) is 11.6 Å². The topological polar surface area (TPSA) is 37.4 Å². The monoisotopic (exact) mass is 407 g/mol. The third kappa shape index (κ3) is 6.00. The van der Waals surface area contributed by atoms with Gasteiger partial charge in [0.25, 0.3) is 0 Å². The zero-order valence-corrected chi connectivity index (χ0v) is 17.7. The van der Waals surface area contributed by atoms with Gasteiger partial charge >= 0.3 is 0 Å². The van der Waals surface area contributed by atoms with Gasteiger partial charge in [0.2, 0.25) is 0 Å². The molecule has 0 saturated heterocycles. The molecule has 3 heteroatoms. The number of carbonyl (C=O) groups is 2. The molecular formula is C28H25NO2. The lowest BCUT2D eigenvalue weighted by Gasteiger charge is -2.12. The van der Waals surface area contributed by atoms with Crippen LogP contribution in [0.15, 0.2) is 115 Å². The molecule has 0 heterocycles. The summed E-state index contributed by atoms with van der Waals surface area (Å²) in [5, 5.41) is 0. The first-order chi connectivity index (χ1) is 15.1. The van der Waals surface area contributed by atoms with Gasteiger partial charge in [0, 0.05) is 42.0 Å². The van der Waals surface area contributed by atoms with E-state index < -0.39 is 0 Å². The van der Waals surface area contributed by atoms with Crippen LogP contribution in [0.1, 0.15) is 31.8 Å². The van der Waals surface area contributed by atoms with Crippen LogP contribution in [0.3, 0.4) is 0 Å². The third-order valence-corrected chi connectivity index (χ3v) is 4.75. The van der Waals surface area contributed by atoms with E-state index in [4.69, 9.17) is 0 Å². The van der Waals surface area contributed by atoms with Crippen molar-refractivity contribution in [3.05, 3.63) is 138 Å². The van der Waals surface area contributed by atoms with Gasteiger partial charge < -0.3 is 4.90 Å². The van der Waals surface area contributed by atoms with Crippen LogP contribution in [0, 0.1) is 0 Å². The molecule has 31 heavy (non-hydrogen) atoms. The first-order valence-corrected chi connectivity index (χ1v) is 10.1. The Hall–Kier alpha value is -3.98. The van der Waals surface area contributed by atoms with E-state index in [1.807, 2.05) is 134 Å². The molecule has 154 valence electrons. The molecule has 4 rings (SSSR count). The number of carbonyl (C=O) groups excluding carboxylic acids is 2. The van der Waals surface area contributed by atoms with E-state index in [9.17, 15) is 9.59 Å². The minimum atomic E-state index is 0.0657. The lowest BCUT2D eigenvalue weighted by Crippen LogP contribution is -2.09. The average Bonchev–Trinajstić information content (AvgIpc) is 2.85. The SMILES string of the molecule is CN(C)c1ccc(C(=O)c2ccccc2)cc1.O=C(c1ccccc1)c1ccccc1. The van der Waals surface area contributed by atoms with Gasteiger partial charge in [-0.25, -0.2) is 0 Å². The number of nitrogens with zero attached hydrogens (tertiary/aromatic N) is 1. The lowest BCUT2D eigenvalue weighted by atomic mass is 10.0. The van der Waals surface area contributed by atoms with Gasteiger partial charge in [-0.2, -0.15) is 0 Å². The Morgan fingerprint density at radius 2 is 0.742 bits per heavy atom. The Kier molecular flexibility index (Phi) is 7.50. The lowest BCUT2D eigenvalue weighted by molar-refractivity contribution is 0.103. The molecular weight excluding hydrogens is 382 g/mol. The van der Waals surface area contributed by atoms with E-state index in [0.29, 0.717) is 0 Å². The van der Waals surface area contributed by atoms with Crippen molar-refractivity contribution in [1.29, 1.82) is 0 Å². The zero-order chi connectivity index (χ0) is 22.1. The molecule has 0 aliphatic carbocycles. The summed E-state index contributed by atoms with van der Waals surface area (Å²) in [5.41, 5.74) is 4.01. The molecule has 0 atom stereocenters. The summed E-state index contributed by atoms with van der Waals surface area (Å²) in [7, 11) is 3.96. The second-order valence-electron chi connectivity index (χ2n) is 7.20. The first kappa shape index (κ1) is 21.7. The summed E-state index contributed by atoms with van der Waals surface area (Å²) < 4.78 is 0. The van der Waals surface area contributed by atoms with Crippen LogP contribution in [0.2, 0.25) is 0 Å². The van der Waals surface area contributed by atoms with Gasteiger partial charge in [-0.05, 0) is 24.3 Å². The number of ketones is 2. The minimum absolute atomic E-state index is 0.0657. The van der Waals surface area contributed by atoms with Crippen molar-refractivity contribution < 1.29 is 9.59 Å². The van der Waals surface area contributed by atoms with E-state index in [1.54, 1.807) is 0 Å². The smallest absolute Gasteiger partial charge is 0.193 e. The second kappa shape index (κ2) is 10.7. The second-order valence-corrected chi connectivity index (χ2v) is 7.20. The predicted octanol–water partition coefficient (Wildman–Crippen LogP) is 5.90. The summed E-state index contributed by atoms with van der Waals surface area (Å²) >= 11 is 0.